The van der Waals surface area contributed by atoms with E-state index in [0.29, 0.717) is 33.8 Å². The number of hydrogen-bond acceptors (Lipinski definition) is 7. The van der Waals surface area contributed by atoms with Gasteiger partial charge in [0.25, 0.3) is 5.91 Å². The molecule has 0 aliphatic heterocycles. The van der Waals surface area contributed by atoms with Crippen molar-refractivity contribution in [3.8, 4) is 28.2 Å². The van der Waals surface area contributed by atoms with Crippen molar-refractivity contribution in [2.75, 3.05) is 12.3 Å². The van der Waals surface area contributed by atoms with Gasteiger partial charge in [0.1, 0.15) is 5.75 Å². The van der Waals surface area contributed by atoms with E-state index in [1.165, 1.54) is 12.1 Å². The summed E-state index contributed by atoms with van der Waals surface area (Å²) >= 11 is 6.03. The Balaban J connectivity index is 1.48. The van der Waals surface area contributed by atoms with Crippen LogP contribution in [-0.2, 0) is 22.0 Å². The zero-order chi connectivity index (χ0) is 36.3. The maximum Gasteiger partial charge on any atom is 0.573 e. The first-order valence-electron chi connectivity index (χ1n) is 15.5. The van der Waals surface area contributed by atoms with E-state index < -0.39 is 33.9 Å². The molecule has 1 aromatic heterocycles. The summed E-state index contributed by atoms with van der Waals surface area (Å²) in [5.41, 5.74) is 4.97. The molecule has 13 heteroatoms. The van der Waals surface area contributed by atoms with Gasteiger partial charge in [-0.2, -0.15) is 0 Å². The average Bonchev–Trinajstić information content (AvgIpc) is 3.53. The van der Waals surface area contributed by atoms with Gasteiger partial charge >= 0.3 is 6.36 Å². The molecule has 50 heavy (non-hydrogen) atoms. The Bertz CT molecular complexity index is 2060. The van der Waals surface area contributed by atoms with Gasteiger partial charge < -0.3 is 19.1 Å². The fourth-order valence-corrected chi connectivity index (χ4v) is 5.84. The normalized spacial score (nSPS) is 12.8. The van der Waals surface area contributed by atoms with E-state index in [-0.39, 0.29) is 29.2 Å². The quantitative estimate of drug-likeness (QED) is 0.136. The van der Waals surface area contributed by atoms with Gasteiger partial charge in [-0.1, -0.05) is 86.1 Å². The molecule has 1 heterocycles. The number of alkyl halides is 3. The predicted molar refractivity (Wildman–Crippen MR) is 183 cm³/mol. The van der Waals surface area contributed by atoms with Gasteiger partial charge in [0.05, 0.1) is 21.6 Å². The van der Waals surface area contributed by atoms with E-state index in [4.69, 9.17) is 16.1 Å². The van der Waals surface area contributed by atoms with Crippen molar-refractivity contribution < 1.29 is 40.2 Å². The number of ether oxygens (including phenoxy) is 1. The predicted octanol–water partition coefficient (Wildman–Crippen LogP) is 8.51. The van der Waals surface area contributed by atoms with E-state index in [1.807, 2.05) is 24.3 Å². The maximum absolute atomic E-state index is 13.3. The average molecular weight is 726 g/mol. The van der Waals surface area contributed by atoms with Gasteiger partial charge in [0, 0.05) is 34.7 Å². The Morgan fingerprint density at radius 3 is 2.14 bits per heavy atom. The molecule has 1 unspecified atom stereocenters. The second kappa shape index (κ2) is 14.7. The first kappa shape index (κ1) is 36.6. The van der Waals surface area contributed by atoms with Gasteiger partial charge in [-0.15, -0.1) is 13.2 Å². The third kappa shape index (κ3) is 9.96. The Labute approximate surface area is 293 Å². The Hall–Kier alpha value is -4.65. The van der Waals surface area contributed by atoms with Crippen LogP contribution in [0.4, 0.5) is 13.2 Å². The number of nitrogens with one attached hydrogen (secondary N) is 1. The van der Waals surface area contributed by atoms with Crippen molar-refractivity contribution in [2.24, 2.45) is 0 Å². The molecule has 1 amide bonds. The molecule has 5 rings (SSSR count). The molecule has 1 N–H and O–H groups in total. The van der Waals surface area contributed by atoms with Crippen LogP contribution in [0.5, 0.6) is 5.75 Å². The Kier molecular flexibility index (Phi) is 10.8. The summed E-state index contributed by atoms with van der Waals surface area (Å²) in [7, 11) is -4.46. The summed E-state index contributed by atoms with van der Waals surface area (Å²) in [5, 5.41) is 7.25. The van der Waals surface area contributed by atoms with Crippen LogP contribution in [0.2, 0.25) is 5.02 Å². The number of halogens is 4. The standard InChI is InChI=1S/C37H34ClF3N2O6S/c1-36(2,3)29-12-8-25(9-13-29)32(18-23-4-6-26(7-5-23)35(44)42-16-17-50(45,46)47)33-22-34(49-43-33)28-19-27(24-10-14-30(38)15-11-24)20-31(21-28)48-37(39,40)41/h4-15,19-22,32H,16-18H2,1-3H3,(H,42,44)(H,45,46,47)/p-1. The summed E-state index contributed by atoms with van der Waals surface area (Å²) in [4.78, 5) is 12.5. The summed E-state index contributed by atoms with van der Waals surface area (Å²) in [6.07, 6.45) is -4.50. The summed E-state index contributed by atoms with van der Waals surface area (Å²) in [6.45, 7) is 6.01. The first-order valence-corrected chi connectivity index (χ1v) is 17.4. The van der Waals surface area contributed by atoms with Gasteiger partial charge in [0.15, 0.2) is 5.76 Å². The van der Waals surface area contributed by atoms with Crippen molar-refractivity contribution in [3.63, 3.8) is 0 Å². The molecular weight excluding hydrogens is 693 g/mol. The highest BCUT2D eigenvalue weighted by atomic mass is 35.5. The number of hydrogen-bond donors (Lipinski definition) is 1. The molecule has 262 valence electrons. The van der Waals surface area contributed by atoms with Crippen molar-refractivity contribution >= 4 is 27.6 Å². The van der Waals surface area contributed by atoms with Gasteiger partial charge in [-0.05, 0) is 82.1 Å². The number of aromatic nitrogens is 1. The van der Waals surface area contributed by atoms with Crippen LogP contribution < -0.4 is 10.1 Å². The minimum atomic E-state index is -4.92. The Morgan fingerprint density at radius 1 is 0.900 bits per heavy atom. The summed E-state index contributed by atoms with van der Waals surface area (Å²) in [6, 6.07) is 27.3. The molecule has 0 bridgehead atoms. The third-order valence-corrected chi connectivity index (χ3v) is 8.92. The molecule has 0 saturated carbocycles. The van der Waals surface area contributed by atoms with Crippen LogP contribution in [0.15, 0.2) is 102 Å². The molecule has 0 spiro atoms. The number of rotatable bonds is 11. The largest absolute Gasteiger partial charge is 0.748 e. The molecule has 8 nitrogen and oxygen atoms in total. The van der Waals surface area contributed by atoms with E-state index >= 15 is 0 Å². The van der Waals surface area contributed by atoms with Crippen LogP contribution >= 0.6 is 11.6 Å². The monoisotopic (exact) mass is 725 g/mol. The number of carbonyl (C=O) groups is 1. The third-order valence-electron chi connectivity index (χ3n) is 7.96. The highest BCUT2D eigenvalue weighted by molar-refractivity contribution is 7.85. The van der Waals surface area contributed by atoms with E-state index in [0.717, 1.165) is 16.7 Å². The lowest BCUT2D eigenvalue weighted by atomic mass is 9.83. The second-order valence-electron chi connectivity index (χ2n) is 12.8. The minimum absolute atomic E-state index is 0.0886. The lowest BCUT2D eigenvalue weighted by Crippen LogP contribution is -2.28. The van der Waals surface area contributed by atoms with E-state index in [2.05, 4.69) is 36.0 Å². The van der Waals surface area contributed by atoms with Gasteiger partial charge in [0.2, 0.25) is 0 Å². The van der Waals surface area contributed by atoms with Crippen LogP contribution in [0.25, 0.3) is 22.5 Å². The van der Waals surface area contributed by atoms with Crippen LogP contribution in [0, 0.1) is 0 Å². The molecule has 0 aliphatic carbocycles. The zero-order valence-electron chi connectivity index (χ0n) is 27.3. The lowest BCUT2D eigenvalue weighted by molar-refractivity contribution is -0.274. The molecular formula is C37H33ClF3N2O6S-. The van der Waals surface area contributed by atoms with Gasteiger partial charge in [-0.25, -0.2) is 8.42 Å². The molecule has 0 radical (unpaired) electrons. The second-order valence-corrected chi connectivity index (χ2v) is 14.7. The number of amides is 1. The van der Waals surface area contributed by atoms with Crippen molar-refractivity contribution in [3.05, 3.63) is 130 Å². The van der Waals surface area contributed by atoms with E-state index in [9.17, 15) is 30.9 Å². The minimum Gasteiger partial charge on any atom is -0.748 e. The van der Waals surface area contributed by atoms with Crippen molar-refractivity contribution in [1.82, 2.24) is 10.5 Å². The number of benzene rings is 4. The van der Waals surface area contributed by atoms with E-state index in [1.54, 1.807) is 60.7 Å². The Morgan fingerprint density at radius 2 is 1.54 bits per heavy atom. The SMILES string of the molecule is CC(C)(C)c1ccc(C(Cc2ccc(C(=O)NCCS(=O)(=O)[O-])cc2)c2cc(-c3cc(OC(F)(F)F)cc(-c4ccc(Cl)cc4)c3)on2)cc1. The smallest absolute Gasteiger partial charge is 0.573 e. The fraction of sp³-hybridized carbons (Fsp3) is 0.243. The molecule has 0 saturated heterocycles. The highest BCUT2D eigenvalue weighted by Gasteiger charge is 2.32. The molecule has 0 fully saturated rings. The fourth-order valence-electron chi connectivity index (χ4n) is 5.36. The summed E-state index contributed by atoms with van der Waals surface area (Å²) in [5.74, 6) is -1.79. The first-order chi connectivity index (χ1) is 23.4. The molecule has 1 atom stereocenters. The van der Waals surface area contributed by atoms with Crippen LogP contribution in [0.1, 0.15) is 59.4 Å². The maximum atomic E-state index is 13.3. The van der Waals surface area contributed by atoms with Crippen molar-refractivity contribution in [1.29, 1.82) is 0 Å². The molecule has 0 aliphatic rings. The van der Waals surface area contributed by atoms with Crippen LogP contribution in [-0.4, -0.2) is 42.7 Å². The molecule has 4 aromatic carbocycles. The zero-order valence-corrected chi connectivity index (χ0v) is 28.8. The lowest BCUT2D eigenvalue weighted by Gasteiger charge is -2.21. The van der Waals surface area contributed by atoms with Crippen LogP contribution in [0.3, 0.4) is 0 Å². The number of carbonyl (C=O) groups excluding carboxylic acids is 1. The van der Waals surface area contributed by atoms with Gasteiger partial charge in [-0.3, -0.25) is 4.79 Å². The summed E-state index contributed by atoms with van der Waals surface area (Å²) < 4.78 is 82.5. The number of nitrogens with zero attached hydrogens (tertiary/aromatic N) is 1. The highest BCUT2D eigenvalue weighted by Crippen LogP contribution is 2.37. The topological polar surface area (TPSA) is 122 Å². The molecule has 5 aromatic rings. The van der Waals surface area contributed by atoms with Crippen molar-refractivity contribution in [2.45, 2.75) is 44.9 Å².